The van der Waals surface area contributed by atoms with Gasteiger partial charge in [-0.05, 0) is 24.6 Å². The Morgan fingerprint density at radius 1 is 0.765 bits per heavy atom. The largest absolute Gasteiger partial charge is 0.329 e. The van der Waals surface area contributed by atoms with Gasteiger partial charge in [0.05, 0.1) is 13.2 Å². The van der Waals surface area contributed by atoms with Crippen molar-refractivity contribution in [3.8, 4) is 0 Å². The van der Waals surface area contributed by atoms with Gasteiger partial charge in [0.2, 0.25) is 0 Å². The Morgan fingerprint density at radius 3 is 1.53 bits per heavy atom. The first-order chi connectivity index (χ1) is 8.12. The third-order valence-corrected chi connectivity index (χ3v) is 4.58. The van der Waals surface area contributed by atoms with E-state index in [0.29, 0.717) is 0 Å². The Balaban J connectivity index is 3.42. The van der Waals surface area contributed by atoms with E-state index in [2.05, 4.69) is 13.8 Å². The van der Waals surface area contributed by atoms with Crippen molar-refractivity contribution >= 4 is 18.3 Å². The Bertz CT molecular complexity index is 192. The third kappa shape index (κ3) is 12.8. The molecule has 0 rings (SSSR count). The van der Waals surface area contributed by atoms with Crippen LogP contribution in [0.3, 0.4) is 0 Å². The first-order valence-electron chi connectivity index (χ1n) is 6.99. The van der Waals surface area contributed by atoms with Crippen molar-refractivity contribution in [2.24, 2.45) is 0 Å². The van der Waals surface area contributed by atoms with E-state index in [1.807, 2.05) is 6.66 Å². The van der Waals surface area contributed by atoms with E-state index in [4.69, 9.17) is 20.9 Å². The molecule has 0 aliphatic heterocycles. The van der Waals surface area contributed by atoms with Gasteiger partial charge in [-0.1, -0.05) is 52.4 Å². The molecule has 0 saturated carbocycles. The maximum Gasteiger partial charge on any atom is 0.185 e. The summed E-state index contributed by atoms with van der Waals surface area (Å²) in [4.78, 5) is 0. The first-order valence-corrected chi connectivity index (χ1v) is 10.1. The van der Waals surface area contributed by atoms with Gasteiger partial charge in [0, 0.05) is 6.66 Å². The average molecular weight is 280 g/mol. The fourth-order valence-corrected chi connectivity index (χ4v) is 3.00. The summed E-state index contributed by atoms with van der Waals surface area (Å²) in [5.41, 5.74) is 0. The van der Waals surface area contributed by atoms with E-state index in [1.54, 1.807) is 0 Å². The van der Waals surface area contributed by atoms with Gasteiger partial charge in [0.25, 0.3) is 0 Å². The molecule has 17 heavy (non-hydrogen) atoms. The van der Waals surface area contributed by atoms with Gasteiger partial charge in [-0.15, -0.1) is 0 Å². The van der Waals surface area contributed by atoms with Gasteiger partial charge >= 0.3 is 0 Å². The molecule has 0 aliphatic rings. The molecule has 0 atom stereocenters. The number of unbranched alkanes of at least 4 members (excludes halogenated alkanes) is 6. The number of hydrogen-bond acceptors (Lipinski definition) is 3. The zero-order chi connectivity index (χ0) is 13.0. The predicted molar refractivity (Wildman–Crippen MR) is 80.4 cm³/mol. The highest BCUT2D eigenvalue weighted by Gasteiger charge is 2.10. The molecule has 104 valence electrons. The first kappa shape index (κ1) is 17.6. The van der Waals surface area contributed by atoms with Crippen molar-refractivity contribution in [1.82, 2.24) is 0 Å². The second kappa shape index (κ2) is 11.6. The molecule has 0 N–H and O–H groups in total. The lowest BCUT2D eigenvalue weighted by molar-refractivity contribution is 0.241. The van der Waals surface area contributed by atoms with E-state index in [-0.39, 0.29) is 0 Å². The molecule has 0 heterocycles. The van der Waals surface area contributed by atoms with Crippen LogP contribution in [0.1, 0.15) is 65.2 Å². The van der Waals surface area contributed by atoms with Gasteiger partial charge in [-0.2, -0.15) is 0 Å². The lowest BCUT2D eigenvalue weighted by Crippen LogP contribution is -1.98. The van der Waals surface area contributed by atoms with Gasteiger partial charge in [-0.3, -0.25) is 0 Å². The van der Waals surface area contributed by atoms with Crippen LogP contribution in [-0.4, -0.2) is 19.9 Å². The highest BCUT2D eigenvalue weighted by Crippen LogP contribution is 2.44. The fraction of sp³-hybridized carbons (Fsp3) is 1.00. The minimum Gasteiger partial charge on any atom is -0.329 e. The van der Waals surface area contributed by atoms with E-state index in [1.165, 1.54) is 38.5 Å². The van der Waals surface area contributed by atoms with Crippen molar-refractivity contribution in [3.05, 3.63) is 0 Å². The quantitative estimate of drug-likeness (QED) is 0.365. The van der Waals surface area contributed by atoms with E-state index in [0.717, 1.165) is 26.1 Å². The predicted octanol–water partition coefficient (Wildman–Crippen LogP) is 5.12. The SMILES string of the molecule is CCCCCCOP(C)(=S)OCCCCCC. The molecule has 0 spiro atoms. The van der Waals surface area contributed by atoms with Crippen LogP contribution in [-0.2, 0) is 20.9 Å². The monoisotopic (exact) mass is 280 g/mol. The third-order valence-electron chi connectivity index (χ3n) is 2.65. The summed E-state index contributed by atoms with van der Waals surface area (Å²) in [7, 11) is 0. The molecule has 0 unspecified atom stereocenters. The minimum atomic E-state index is -1.96. The molecule has 0 bridgehead atoms. The van der Waals surface area contributed by atoms with Gasteiger partial charge < -0.3 is 9.05 Å². The van der Waals surface area contributed by atoms with Gasteiger partial charge in [0.1, 0.15) is 0 Å². The van der Waals surface area contributed by atoms with Crippen LogP contribution in [0.2, 0.25) is 0 Å². The fourth-order valence-electron chi connectivity index (χ4n) is 1.56. The summed E-state index contributed by atoms with van der Waals surface area (Å²) in [5.74, 6) is 0. The average Bonchev–Trinajstić information content (AvgIpc) is 2.28. The minimum absolute atomic E-state index is 0.767. The summed E-state index contributed by atoms with van der Waals surface area (Å²) in [6.45, 7) is 5.95. The molecule has 0 aliphatic carbocycles. The summed E-state index contributed by atoms with van der Waals surface area (Å²) in [6, 6.07) is 0. The highest BCUT2D eigenvalue weighted by atomic mass is 32.5. The molecule has 0 radical (unpaired) electrons. The van der Waals surface area contributed by atoms with Crippen LogP contribution in [0.15, 0.2) is 0 Å². The zero-order valence-electron chi connectivity index (χ0n) is 11.7. The Labute approximate surface area is 113 Å². The lowest BCUT2D eigenvalue weighted by atomic mass is 10.2. The van der Waals surface area contributed by atoms with Crippen molar-refractivity contribution in [2.45, 2.75) is 65.2 Å². The van der Waals surface area contributed by atoms with Crippen molar-refractivity contribution in [2.75, 3.05) is 19.9 Å². The molecule has 2 nitrogen and oxygen atoms in total. The smallest absolute Gasteiger partial charge is 0.185 e. The van der Waals surface area contributed by atoms with E-state index >= 15 is 0 Å². The van der Waals surface area contributed by atoms with Crippen LogP contribution < -0.4 is 0 Å². The molecule has 0 aromatic carbocycles. The molecule has 0 aromatic heterocycles. The van der Waals surface area contributed by atoms with Gasteiger partial charge in [0.15, 0.2) is 6.49 Å². The summed E-state index contributed by atoms with van der Waals surface area (Å²) in [6.07, 6.45) is 9.78. The van der Waals surface area contributed by atoms with E-state index < -0.39 is 6.49 Å². The van der Waals surface area contributed by atoms with Crippen LogP contribution in [0, 0.1) is 0 Å². The molecule has 0 amide bonds. The standard InChI is InChI=1S/C13H29O2PS/c1-4-6-8-10-12-14-16(3,17)15-13-11-9-7-5-2/h4-13H2,1-3H3. The van der Waals surface area contributed by atoms with Crippen LogP contribution in [0.25, 0.3) is 0 Å². The molecule has 0 saturated heterocycles. The second-order valence-corrected chi connectivity index (χ2v) is 8.61. The maximum atomic E-state index is 5.69. The lowest BCUT2D eigenvalue weighted by Gasteiger charge is -2.17. The summed E-state index contributed by atoms with van der Waals surface area (Å²) >= 11 is 5.37. The van der Waals surface area contributed by atoms with Crippen molar-refractivity contribution < 1.29 is 9.05 Å². The highest BCUT2D eigenvalue weighted by molar-refractivity contribution is 8.09. The molecule has 0 aromatic rings. The molecular weight excluding hydrogens is 251 g/mol. The topological polar surface area (TPSA) is 18.5 Å². The van der Waals surface area contributed by atoms with Gasteiger partial charge in [-0.25, -0.2) is 0 Å². The normalized spacial score (nSPS) is 11.9. The van der Waals surface area contributed by atoms with Crippen LogP contribution in [0.4, 0.5) is 0 Å². The molecular formula is C13H29O2PS. The number of rotatable bonds is 12. The van der Waals surface area contributed by atoms with Crippen molar-refractivity contribution in [3.63, 3.8) is 0 Å². The second-order valence-electron chi connectivity index (χ2n) is 4.56. The van der Waals surface area contributed by atoms with Crippen LogP contribution >= 0.6 is 6.49 Å². The summed E-state index contributed by atoms with van der Waals surface area (Å²) < 4.78 is 11.4. The molecule has 0 fully saturated rings. The summed E-state index contributed by atoms with van der Waals surface area (Å²) in [5, 5.41) is 0. The number of hydrogen-bond donors (Lipinski definition) is 0. The Morgan fingerprint density at radius 2 is 1.18 bits per heavy atom. The van der Waals surface area contributed by atoms with E-state index in [9.17, 15) is 0 Å². The molecule has 4 heteroatoms. The van der Waals surface area contributed by atoms with Crippen molar-refractivity contribution in [1.29, 1.82) is 0 Å². The van der Waals surface area contributed by atoms with Crippen LogP contribution in [0.5, 0.6) is 0 Å². The maximum absolute atomic E-state index is 5.69. The Kier molecular flexibility index (Phi) is 12.0. The zero-order valence-corrected chi connectivity index (χ0v) is 13.5. The Hall–Kier alpha value is 0.570.